The van der Waals surface area contributed by atoms with Gasteiger partial charge in [-0.1, -0.05) is 50.3 Å². The van der Waals surface area contributed by atoms with Crippen molar-refractivity contribution in [3.8, 4) is 5.75 Å². The Hall–Kier alpha value is -2.63. The number of hydrogen-bond acceptors (Lipinski definition) is 4. The standard InChI is InChI=1S/C30H40N2O3/c1-5-17-31-18-16-29(25-12-9-13-27(19-25)35-4)20-26(14-15-30(29,34)22-31)32(21-23(2)3)28(33)24-10-7-6-8-11-24/h5-13,19,23,26,34H,1,14-18,20-22H2,2-4H3/t26-,29+,30+/m1/s1. The number of nitrogens with zero attached hydrogens (tertiary/aromatic N) is 2. The number of β-amino-alcohol motifs (C(OH)–C–C–N with tert-alkyl or cyclic N) is 1. The van der Waals surface area contributed by atoms with Crippen molar-refractivity contribution >= 4 is 5.91 Å². The van der Waals surface area contributed by atoms with Gasteiger partial charge in [-0.05, 0) is 68.0 Å². The Morgan fingerprint density at radius 1 is 1.23 bits per heavy atom. The van der Waals surface area contributed by atoms with Crippen LogP contribution in [0.15, 0.2) is 67.3 Å². The van der Waals surface area contributed by atoms with E-state index in [1.807, 2.05) is 48.5 Å². The monoisotopic (exact) mass is 476 g/mol. The summed E-state index contributed by atoms with van der Waals surface area (Å²) >= 11 is 0. The largest absolute Gasteiger partial charge is 0.497 e. The number of ether oxygens (including phenoxy) is 1. The third-order valence-electron chi connectivity index (χ3n) is 8.00. The zero-order valence-electron chi connectivity index (χ0n) is 21.5. The van der Waals surface area contributed by atoms with E-state index in [4.69, 9.17) is 4.74 Å². The molecule has 0 bridgehead atoms. The first-order valence-corrected chi connectivity index (χ1v) is 12.9. The van der Waals surface area contributed by atoms with Crippen molar-refractivity contribution in [2.45, 2.75) is 56.6 Å². The summed E-state index contributed by atoms with van der Waals surface area (Å²) < 4.78 is 5.57. The Kier molecular flexibility index (Phi) is 7.67. The summed E-state index contributed by atoms with van der Waals surface area (Å²) in [5.41, 5.74) is 0.509. The highest BCUT2D eigenvalue weighted by molar-refractivity contribution is 5.94. The van der Waals surface area contributed by atoms with Crippen LogP contribution in [-0.4, -0.2) is 65.7 Å². The van der Waals surface area contributed by atoms with Crippen molar-refractivity contribution in [2.24, 2.45) is 5.92 Å². The Labute approximate surface area is 210 Å². The zero-order chi connectivity index (χ0) is 25.1. The molecule has 0 radical (unpaired) electrons. The van der Waals surface area contributed by atoms with Gasteiger partial charge in [-0.25, -0.2) is 0 Å². The number of fused-ring (bicyclic) bond motifs is 1. The predicted octanol–water partition coefficient (Wildman–Crippen LogP) is 4.91. The van der Waals surface area contributed by atoms with E-state index in [2.05, 4.69) is 42.4 Å². The third kappa shape index (κ3) is 5.03. The lowest BCUT2D eigenvalue weighted by atomic mass is 9.55. The molecule has 1 heterocycles. The van der Waals surface area contributed by atoms with E-state index in [0.29, 0.717) is 25.4 Å². The minimum atomic E-state index is -0.879. The highest BCUT2D eigenvalue weighted by Gasteiger charge is 2.58. The van der Waals surface area contributed by atoms with Gasteiger partial charge in [0.1, 0.15) is 5.75 Å². The summed E-state index contributed by atoms with van der Waals surface area (Å²) in [4.78, 5) is 18.1. The Morgan fingerprint density at radius 3 is 2.69 bits per heavy atom. The minimum absolute atomic E-state index is 0.0579. The van der Waals surface area contributed by atoms with Crippen LogP contribution in [-0.2, 0) is 5.41 Å². The zero-order valence-corrected chi connectivity index (χ0v) is 21.5. The van der Waals surface area contributed by atoms with Crippen LogP contribution in [0.3, 0.4) is 0 Å². The highest BCUT2D eigenvalue weighted by atomic mass is 16.5. The van der Waals surface area contributed by atoms with Gasteiger partial charge < -0.3 is 14.7 Å². The molecule has 5 heteroatoms. The molecule has 4 rings (SSSR count). The summed E-state index contributed by atoms with van der Waals surface area (Å²) in [6.07, 6.45) is 4.92. The fraction of sp³-hybridized carbons (Fsp3) is 0.500. The van der Waals surface area contributed by atoms with Crippen LogP contribution in [0.2, 0.25) is 0 Å². The van der Waals surface area contributed by atoms with Crippen LogP contribution in [0.25, 0.3) is 0 Å². The number of amides is 1. The summed E-state index contributed by atoms with van der Waals surface area (Å²) in [5, 5.41) is 12.3. The first-order valence-electron chi connectivity index (χ1n) is 12.9. The molecule has 0 spiro atoms. The second-order valence-electron chi connectivity index (χ2n) is 10.7. The SMILES string of the molecule is C=CCN1CC[C@@]2(c3cccc(OC)c3)C[C@H](N(CC(C)C)C(=O)c3ccccc3)CC[C@]2(O)C1. The van der Waals surface area contributed by atoms with E-state index in [1.165, 1.54) is 0 Å². The molecule has 2 fully saturated rings. The second-order valence-corrected chi connectivity index (χ2v) is 10.7. The Morgan fingerprint density at radius 2 is 2.00 bits per heavy atom. The quantitative estimate of drug-likeness (QED) is 0.550. The molecule has 1 aliphatic carbocycles. The van der Waals surface area contributed by atoms with E-state index < -0.39 is 11.0 Å². The number of carbonyl (C=O) groups excluding carboxylic acids is 1. The van der Waals surface area contributed by atoms with Gasteiger partial charge in [0.2, 0.25) is 0 Å². The summed E-state index contributed by atoms with van der Waals surface area (Å²) in [5.74, 6) is 1.24. The Bertz CT molecular complexity index is 1020. The second kappa shape index (κ2) is 10.5. The molecule has 188 valence electrons. The van der Waals surface area contributed by atoms with Gasteiger partial charge in [0.25, 0.3) is 5.91 Å². The number of rotatable bonds is 8. The lowest BCUT2D eigenvalue weighted by molar-refractivity contribution is -0.131. The molecule has 0 unspecified atom stereocenters. The van der Waals surface area contributed by atoms with Gasteiger partial charge in [-0.2, -0.15) is 0 Å². The van der Waals surface area contributed by atoms with Gasteiger partial charge in [0, 0.05) is 36.7 Å². The number of benzene rings is 2. The molecule has 1 saturated heterocycles. The van der Waals surface area contributed by atoms with Crippen molar-refractivity contribution in [3.05, 3.63) is 78.4 Å². The van der Waals surface area contributed by atoms with Crippen LogP contribution in [0.1, 0.15) is 55.5 Å². The molecule has 1 N–H and O–H groups in total. The van der Waals surface area contributed by atoms with E-state index in [9.17, 15) is 9.90 Å². The summed E-state index contributed by atoms with van der Waals surface area (Å²) in [6, 6.07) is 17.8. The molecule has 3 atom stereocenters. The molecule has 1 amide bonds. The van der Waals surface area contributed by atoms with Crippen molar-refractivity contribution in [2.75, 3.05) is 33.3 Å². The summed E-state index contributed by atoms with van der Waals surface area (Å²) in [6.45, 7) is 11.2. The fourth-order valence-corrected chi connectivity index (χ4v) is 6.30. The average molecular weight is 477 g/mol. The van der Waals surface area contributed by atoms with E-state index in [1.54, 1.807) is 7.11 Å². The van der Waals surface area contributed by atoms with Gasteiger partial charge in [0.15, 0.2) is 0 Å². The van der Waals surface area contributed by atoms with Crippen molar-refractivity contribution in [3.63, 3.8) is 0 Å². The lowest BCUT2D eigenvalue weighted by Crippen LogP contribution is -2.67. The molecule has 2 aromatic carbocycles. The third-order valence-corrected chi connectivity index (χ3v) is 8.00. The maximum absolute atomic E-state index is 13.7. The van der Waals surface area contributed by atoms with Crippen molar-refractivity contribution in [1.82, 2.24) is 9.80 Å². The van der Waals surface area contributed by atoms with E-state index >= 15 is 0 Å². The molecular weight excluding hydrogens is 436 g/mol. The first-order chi connectivity index (χ1) is 16.8. The van der Waals surface area contributed by atoms with Crippen molar-refractivity contribution < 1.29 is 14.6 Å². The molecule has 35 heavy (non-hydrogen) atoms. The van der Waals surface area contributed by atoms with Gasteiger partial charge in [-0.3, -0.25) is 9.69 Å². The lowest BCUT2D eigenvalue weighted by Gasteiger charge is -2.59. The topological polar surface area (TPSA) is 53.0 Å². The molecule has 1 saturated carbocycles. The van der Waals surface area contributed by atoms with Crippen LogP contribution in [0, 0.1) is 5.92 Å². The maximum atomic E-state index is 13.7. The molecule has 2 aliphatic rings. The number of likely N-dealkylation sites (tertiary alicyclic amines) is 1. The number of methoxy groups -OCH3 is 1. The fourth-order valence-electron chi connectivity index (χ4n) is 6.30. The van der Waals surface area contributed by atoms with Crippen LogP contribution < -0.4 is 4.74 Å². The van der Waals surface area contributed by atoms with Gasteiger partial charge in [-0.15, -0.1) is 6.58 Å². The smallest absolute Gasteiger partial charge is 0.254 e. The molecule has 5 nitrogen and oxygen atoms in total. The van der Waals surface area contributed by atoms with Crippen LogP contribution in [0.4, 0.5) is 0 Å². The average Bonchev–Trinajstić information content (AvgIpc) is 2.87. The maximum Gasteiger partial charge on any atom is 0.254 e. The molecule has 0 aromatic heterocycles. The van der Waals surface area contributed by atoms with E-state index in [0.717, 1.165) is 49.2 Å². The molecule has 2 aromatic rings. The van der Waals surface area contributed by atoms with E-state index in [-0.39, 0.29) is 11.9 Å². The van der Waals surface area contributed by atoms with Gasteiger partial charge >= 0.3 is 0 Å². The number of carbonyl (C=O) groups is 1. The normalized spacial score (nSPS) is 26.7. The van der Waals surface area contributed by atoms with Crippen molar-refractivity contribution in [1.29, 1.82) is 0 Å². The number of piperidine rings is 1. The van der Waals surface area contributed by atoms with Crippen LogP contribution in [0.5, 0.6) is 5.75 Å². The highest BCUT2D eigenvalue weighted by Crippen LogP contribution is 2.53. The van der Waals surface area contributed by atoms with Crippen LogP contribution >= 0.6 is 0 Å². The molecule has 1 aliphatic heterocycles. The Balaban J connectivity index is 1.74. The molecular formula is C30H40N2O3. The first kappa shape index (κ1) is 25.5. The number of hydrogen-bond donors (Lipinski definition) is 1. The summed E-state index contributed by atoms with van der Waals surface area (Å²) in [7, 11) is 1.68. The van der Waals surface area contributed by atoms with Gasteiger partial charge in [0.05, 0.1) is 12.7 Å². The minimum Gasteiger partial charge on any atom is -0.497 e. The predicted molar refractivity (Wildman–Crippen MR) is 141 cm³/mol. The number of aliphatic hydroxyl groups is 1.